The molecule has 1 N–H and O–H groups in total. The van der Waals surface area contributed by atoms with Crippen molar-refractivity contribution in [1.29, 1.82) is 0 Å². The number of hydrogen-bond acceptors (Lipinski definition) is 6. The summed E-state index contributed by atoms with van der Waals surface area (Å²) in [6.45, 7) is 2.24. The van der Waals surface area contributed by atoms with E-state index in [1.54, 1.807) is 30.2 Å². The lowest BCUT2D eigenvalue weighted by molar-refractivity contribution is 0.0952. The van der Waals surface area contributed by atoms with Crippen LogP contribution in [-0.4, -0.2) is 34.9 Å². The van der Waals surface area contributed by atoms with Gasteiger partial charge in [-0.15, -0.1) is 11.3 Å². The summed E-state index contributed by atoms with van der Waals surface area (Å²) in [5.74, 6) is 1.06. The molecular formula is C27H24N4O3S. The highest BCUT2D eigenvalue weighted by Crippen LogP contribution is 2.31. The lowest BCUT2D eigenvalue weighted by Gasteiger charge is -2.12. The maximum Gasteiger partial charge on any atom is 0.252 e. The molecule has 2 aromatic carbocycles. The van der Waals surface area contributed by atoms with Gasteiger partial charge in [-0.3, -0.25) is 4.79 Å². The second-order valence-corrected chi connectivity index (χ2v) is 8.88. The van der Waals surface area contributed by atoms with Crippen LogP contribution >= 0.6 is 11.3 Å². The minimum absolute atomic E-state index is 0.194. The van der Waals surface area contributed by atoms with Crippen LogP contribution in [0.1, 0.15) is 21.6 Å². The van der Waals surface area contributed by atoms with Crippen molar-refractivity contribution in [2.45, 2.75) is 13.5 Å². The van der Waals surface area contributed by atoms with Gasteiger partial charge in [-0.05, 0) is 54.3 Å². The molecule has 3 aromatic heterocycles. The van der Waals surface area contributed by atoms with Gasteiger partial charge in [0.1, 0.15) is 0 Å². The Morgan fingerprint density at radius 3 is 2.51 bits per heavy atom. The summed E-state index contributed by atoms with van der Waals surface area (Å²) in [7, 11) is 3.18. The van der Waals surface area contributed by atoms with E-state index in [0.29, 0.717) is 29.3 Å². The topological polar surface area (TPSA) is 78.3 Å². The van der Waals surface area contributed by atoms with Gasteiger partial charge in [-0.25, -0.2) is 9.67 Å². The minimum Gasteiger partial charge on any atom is -0.493 e. The van der Waals surface area contributed by atoms with Crippen molar-refractivity contribution in [2.75, 3.05) is 14.2 Å². The number of aromatic nitrogens is 3. The number of amides is 1. The van der Waals surface area contributed by atoms with Crippen LogP contribution in [0, 0.1) is 6.92 Å². The van der Waals surface area contributed by atoms with E-state index in [1.807, 2.05) is 79.0 Å². The van der Waals surface area contributed by atoms with E-state index < -0.39 is 0 Å². The Labute approximate surface area is 207 Å². The number of carbonyl (C=O) groups is 1. The van der Waals surface area contributed by atoms with Gasteiger partial charge in [0.15, 0.2) is 17.1 Å². The summed E-state index contributed by atoms with van der Waals surface area (Å²) >= 11 is 1.58. The maximum atomic E-state index is 13.5. The van der Waals surface area contributed by atoms with Crippen LogP contribution in [0.15, 0.2) is 72.1 Å². The van der Waals surface area contributed by atoms with Gasteiger partial charge in [-0.2, -0.15) is 5.10 Å². The predicted octanol–water partition coefficient (Wildman–Crippen LogP) is 5.40. The predicted molar refractivity (Wildman–Crippen MR) is 138 cm³/mol. The number of para-hydroxylation sites is 1. The third kappa shape index (κ3) is 4.36. The molecule has 0 spiro atoms. The van der Waals surface area contributed by atoms with E-state index in [9.17, 15) is 4.79 Å². The zero-order valence-electron chi connectivity index (χ0n) is 19.6. The normalized spacial score (nSPS) is 10.9. The van der Waals surface area contributed by atoms with Crippen LogP contribution in [0.4, 0.5) is 0 Å². The number of methoxy groups -OCH3 is 2. The van der Waals surface area contributed by atoms with Crippen molar-refractivity contribution < 1.29 is 14.3 Å². The fourth-order valence-electron chi connectivity index (χ4n) is 4.04. The number of fused-ring (bicyclic) bond motifs is 1. The number of ether oxygens (including phenoxy) is 2. The van der Waals surface area contributed by atoms with Crippen LogP contribution in [-0.2, 0) is 6.54 Å². The van der Waals surface area contributed by atoms with Gasteiger partial charge in [0.25, 0.3) is 5.91 Å². The summed E-state index contributed by atoms with van der Waals surface area (Å²) in [5, 5.41) is 10.5. The molecule has 5 rings (SSSR count). The van der Waals surface area contributed by atoms with Gasteiger partial charge in [0, 0.05) is 6.54 Å². The molecule has 0 aliphatic carbocycles. The lowest BCUT2D eigenvalue weighted by atomic mass is 10.1. The molecule has 8 heteroatoms. The fraction of sp³-hybridized carbons (Fsp3) is 0.148. The third-order valence-electron chi connectivity index (χ3n) is 5.73. The summed E-state index contributed by atoms with van der Waals surface area (Å²) in [5.41, 5.74) is 4.45. The molecular weight excluding hydrogens is 460 g/mol. The molecule has 0 aliphatic rings. The summed E-state index contributed by atoms with van der Waals surface area (Å²) in [6, 6.07) is 21.2. The highest BCUT2D eigenvalue weighted by molar-refractivity contribution is 7.13. The number of hydrogen-bond donors (Lipinski definition) is 1. The smallest absolute Gasteiger partial charge is 0.252 e. The average molecular weight is 485 g/mol. The van der Waals surface area contributed by atoms with Gasteiger partial charge >= 0.3 is 0 Å². The first-order chi connectivity index (χ1) is 17.1. The lowest BCUT2D eigenvalue weighted by Crippen LogP contribution is -2.23. The Balaban J connectivity index is 1.56. The molecule has 7 nitrogen and oxygen atoms in total. The van der Waals surface area contributed by atoms with Crippen molar-refractivity contribution >= 4 is 28.3 Å². The molecule has 35 heavy (non-hydrogen) atoms. The van der Waals surface area contributed by atoms with E-state index in [1.165, 1.54) is 0 Å². The van der Waals surface area contributed by atoms with Crippen LogP contribution in [0.2, 0.25) is 0 Å². The Hall–Kier alpha value is -4.17. The van der Waals surface area contributed by atoms with Crippen LogP contribution in [0.25, 0.3) is 27.3 Å². The van der Waals surface area contributed by atoms with Crippen molar-refractivity contribution in [2.24, 2.45) is 0 Å². The second kappa shape index (κ2) is 9.60. The molecule has 176 valence electrons. The fourth-order valence-corrected chi connectivity index (χ4v) is 4.72. The van der Waals surface area contributed by atoms with E-state index in [4.69, 9.17) is 19.6 Å². The third-order valence-corrected chi connectivity index (χ3v) is 6.63. The molecule has 1 amide bonds. The first-order valence-corrected chi connectivity index (χ1v) is 12.0. The van der Waals surface area contributed by atoms with Crippen LogP contribution in [0.3, 0.4) is 0 Å². The largest absolute Gasteiger partial charge is 0.493 e. The van der Waals surface area contributed by atoms with E-state index in [2.05, 4.69) is 5.32 Å². The molecule has 3 heterocycles. The van der Waals surface area contributed by atoms with Crippen molar-refractivity contribution in [3.05, 3.63) is 88.9 Å². The summed E-state index contributed by atoms with van der Waals surface area (Å²) < 4.78 is 12.5. The van der Waals surface area contributed by atoms with E-state index >= 15 is 0 Å². The molecule has 0 unspecified atom stereocenters. The number of thiophene rings is 1. The van der Waals surface area contributed by atoms with Gasteiger partial charge < -0.3 is 14.8 Å². The Kier molecular flexibility index (Phi) is 6.20. The number of carbonyl (C=O) groups excluding carboxylic acids is 1. The zero-order chi connectivity index (χ0) is 24.4. The Bertz CT molecular complexity index is 1490. The number of rotatable bonds is 7. The first-order valence-electron chi connectivity index (χ1n) is 11.1. The number of nitrogens with one attached hydrogen (secondary N) is 1. The molecule has 0 radical (unpaired) electrons. The highest BCUT2D eigenvalue weighted by Gasteiger charge is 2.21. The molecule has 5 aromatic rings. The quantitative estimate of drug-likeness (QED) is 0.334. The molecule has 0 fully saturated rings. The standard InChI is InChI=1S/C27H24N4O3S/c1-17-25-20(27(32)28-16-18-11-12-22(33-2)23(14-18)34-3)15-21(24-10-7-13-35-24)29-26(25)31(30-17)19-8-5-4-6-9-19/h4-15H,16H2,1-3H3,(H,28,32). The van der Waals surface area contributed by atoms with Gasteiger partial charge in [-0.1, -0.05) is 30.3 Å². The number of pyridine rings is 1. The molecule has 0 saturated heterocycles. The molecule has 0 saturated carbocycles. The number of aryl methyl sites for hydroxylation is 1. The molecule has 0 bridgehead atoms. The van der Waals surface area contributed by atoms with Crippen LogP contribution < -0.4 is 14.8 Å². The Morgan fingerprint density at radius 1 is 1.00 bits per heavy atom. The number of benzene rings is 2. The van der Waals surface area contributed by atoms with E-state index in [0.717, 1.165) is 32.9 Å². The zero-order valence-corrected chi connectivity index (χ0v) is 20.4. The minimum atomic E-state index is -0.194. The summed E-state index contributed by atoms with van der Waals surface area (Å²) in [6.07, 6.45) is 0. The van der Waals surface area contributed by atoms with Crippen molar-refractivity contribution in [1.82, 2.24) is 20.1 Å². The van der Waals surface area contributed by atoms with Crippen molar-refractivity contribution in [3.63, 3.8) is 0 Å². The maximum absolute atomic E-state index is 13.5. The highest BCUT2D eigenvalue weighted by atomic mass is 32.1. The second-order valence-electron chi connectivity index (χ2n) is 7.94. The van der Waals surface area contributed by atoms with E-state index in [-0.39, 0.29) is 5.91 Å². The molecule has 0 atom stereocenters. The average Bonchev–Trinajstić information content (AvgIpc) is 3.55. The van der Waals surface area contributed by atoms with Crippen molar-refractivity contribution in [3.8, 4) is 27.8 Å². The SMILES string of the molecule is COc1ccc(CNC(=O)c2cc(-c3cccs3)nc3c2c(C)nn3-c2ccccc2)cc1OC. The monoisotopic (exact) mass is 484 g/mol. The van der Waals surface area contributed by atoms with Gasteiger partial charge in [0.05, 0.1) is 47.1 Å². The molecule has 0 aliphatic heterocycles. The number of nitrogens with zero attached hydrogens (tertiary/aromatic N) is 3. The van der Waals surface area contributed by atoms with Gasteiger partial charge in [0.2, 0.25) is 0 Å². The summed E-state index contributed by atoms with van der Waals surface area (Å²) in [4.78, 5) is 19.4. The van der Waals surface area contributed by atoms with Crippen LogP contribution in [0.5, 0.6) is 11.5 Å². The first kappa shape index (κ1) is 22.6. The Morgan fingerprint density at radius 2 is 1.80 bits per heavy atom.